The van der Waals surface area contributed by atoms with E-state index in [0.717, 1.165) is 56.9 Å². The van der Waals surface area contributed by atoms with Crippen LogP contribution in [0.1, 0.15) is 83.8 Å². The Morgan fingerprint density at radius 2 is 1.97 bits per heavy atom. The van der Waals surface area contributed by atoms with Crippen LogP contribution in [0.5, 0.6) is 5.75 Å². The number of phenolic OH excluding ortho intramolecular Hbond substituents is 1. The third-order valence-electron chi connectivity index (χ3n) is 9.52. The van der Waals surface area contributed by atoms with Gasteiger partial charge in [-0.25, -0.2) is 0 Å². The smallest absolute Gasteiger partial charge is 0.149 e. The summed E-state index contributed by atoms with van der Waals surface area (Å²) < 4.78 is 6.47. The molecule has 0 radical (unpaired) electrons. The molecule has 4 heteroatoms. The van der Waals surface area contributed by atoms with E-state index < -0.39 is 0 Å². The molecule has 160 valence electrons. The standard InChI is InChI=1S/C25H37NO3/c1-6-11-24-20(8-3)25(29-5)13-12-23(24,15-18(25)7-2)16(4)14-17-9-10-19(26-28)22(27)21(17)24/h9-10,16,18,20,27H,6-8,11-15H2,1-5H3/t16?,18-,20+,23+,24+,25+/m0/s1. The maximum atomic E-state index is 11.5. The van der Waals surface area contributed by atoms with Gasteiger partial charge in [0.25, 0.3) is 0 Å². The summed E-state index contributed by atoms with van der Waals surface area (Å²) in [4.78, 5) is 11.5. The lowest BCUT2D eigenvalue weighted by Gasteiger charge is -2.74. The number of benzene rings is 1. The van der Waals surface area contributed by atoms with E-state index in [0.29, 0.717) is 17.8 Å². The van der Waals surface area contributed by atoms with Crippen molar-refractivity contribution in [3.05, 3.63) is 28.2 Å². The molecule has 29 heavy (non-hydrogen) atoms. The number of hydrogen-bond acceptors (Lipinski definition) is 4. The number of nitrogens with zero attached hydrogens (tertiary/aromatic N) is 1. The molecule has 6 atom stereocenters. The number of rotatable bonds is 6. The zero-order valence-corrected chi connectivity index (χ0v) is 18.8. The van der Waals surface area contributed by atoms with Crippen molar-refractivity contribution in [1.29, 1.82) is 0 Å². The number of methoxy groups -OCH3 is 1. The predicted molar refractivity (Wildman–Crippen MR) is 117 cm³/mol. The minimum absolute atomic E-state index is 0.141. The predicted octanol–water partition coefficient (Wildman–Crippen LogP) is 6.64. The van der Waals surface area contributed by atoms with E-state index in [-0.39, 0.29) is 27.9 Å². The Bertz CT molecular complexity index is 808. The molecule has 0 heterocycles. The molecular weight excluding hydrogens is 362 g/mol. The van der Waals surface area contributed by atoms with Crippen molar-refractivity contribution in [2.75, 3.05) is 7.11 Å². The second-order valence-corrected chi connectivity index (χ2v) is 9.97. The average Bonchev–Trinajstić information content (AvgIpc) is 2.73. The first kappa shape index (κ1) is 20.8. The van der Waals surface area contributed by atoms with Crippen molar-refractivity contribution in [3.63, 3.8) is 0 Å². The van der Waals surface area contributed by atoms with Crippen LogP contribution in [0.4, 0.5) is 5.69 Å². The Morgan fingerprint density at radius 1 is 1.21 bits per heavy atom. The molecule has 0 saturated heterocycles. The summed E-state index contributed by atoms with van der Waals surface area (Å²) in [6, 6.07) is 3.76. The molecule has 1 spiro atoms. The fourth-order valence-electron chi connectivity index (χ4n) is 8.70. The van der Waals surface area contributed by atoms with Gasteiger partial charge in [0.1, 0.15) is 11.4 Å². The highest BCUT2D eigenvalue weighted by atomic mass is 16.5. The molecule has 3 saturated carbocycles. The topological polar surface area (TPSA) is 58.9 Å². The van der Waals surface area contributed by atoms with Gasteiger partial charge in [-0.2, -0.15) is 0 Å². The summed E-state index contributed by atoms with van der Waals surface area (Å²) in [5.41, 5.74) is 2.29. The summed E-state index contributed by atoms with van der Waals surface area (Å²) in [6.07, 6.45) is 8.63. The molecule has 4 nitrogen and oxygen atoms in total. The van der Waals surface area contributed by atoms with Gasteiger partial charge in [-0.1, -0.05) is 46.6 Å². The Hall–Kier alpha value is -1.42. The van der Waals surface area contributed by atoms with Crippen LogP contribution in [0.15, 0.2) is 17.3 Å². The van der Waals surface area contributed by atoms with Crippen LogP contribution in [-0.4, -0.2) is 17.8 Å². The van der Waals surface area contributed by atoms with Gasteiger partial charge in [-0.05, 0) is 78.5 Å². The lowest BCUT2D eigenvalue weighted by atomic mass is 9.31. The lowest BCUT2D eigenvalue weighted by molar-refractivity contribution is -0.260. The zero-order valence-electron chi connectivity index (χ0n) is 18.8. The van der Waals surface area contributed by atoms with Gasteiger partial charge in [-0.3, -0.25) is 0 Å². The van der Waals surface area contributed by atoms with Gasteiger partial charge < -0.3 is 9.84 Å². The third-order valence-corrected chi connectivity index (χ3v) is 9.52. The second kappa shape index (κ2) is 7.08. The van der Waals surface area contributed by atoms with Crippen molar-refractivity contribution in [1.82, 2.24) is 0 Å². The highest BCUT2D eigenvalue weighted by Gasteiger charge is 2.73. The van der Waals surface area contributed by atoms with Crippen LogP contribution >= 0.6 is 0 Å². The van der Waals surface area contributed by atoms with Gasteiger partial charge in [0, 0.05) is 18.1 Å². The third kappa shape index (κ3) is 2.30. The maximum Gasteiger partial charge on any atom is 0.149 e. The Morgan fingerprint density at radius 3 is 2.55 bits per heavy atom. The first-order valence-corrected chi connectivity index (χ1v) is 11.7. The minimum atomic E-state index is -0.159. The monoisotopic (exact) mass is 399 g/mol. The van der Waals surface area contributed by atoms with Gasteiger partial charge in [0.05, 0.1) is 5.60 Å². The zero-order chi connectivity index (χ0) is 21.0. The second-order valence-electron chi connectivity index (χ2n) is 9.97. The highest BCUT2D eigenvalue weighted by molar-refractivity contribution is 5.63. The SMILES string of the molecule is CCC[C@@]12c3c(ccc(N=O)c3O)CC(C)[C@]13CC[C@@](OC)([C@@H](CC)C3)[C@@H]2CC. The van der Waals surface area contributed by atoms with Gasteiger partial charge in [-0.15, -0.1) is 4.91 Å². The molecule has 4 aliphatic carbocycles. The van der Waals surface area contributed by atoms with Gasteiger partial charge >= 0.3 is 0 Å². The number of nitroso groups, excluding NO2 is 1. The number of aromatic hydroxyl groups is 1. The summed E-state index contributed by atoms with van der Waals surface area (Å²) in [5.74, 6) is 1.58. The fourth-order valence-corrected chi connectivity index (χ4v) is 8.70. The van der Waals surface area contributed by atoms with Crippen molar-refractivity contribution < 1.29 is 9.84 Å². The maximum absolute atomic E-state index is 11.5. The molecule has 1 aromatic carbocycles. The first-order chi connectivity index (χ1) is 13.9. The van der Waals surface area contributed by atoms with Crippen molar-refractivity contribution in [2.24, 2.45) is 28.3 Å². The van der Waals surface area contributed by atoms with E-state index >= 15 is 0 Å². The Kier molecular flexibility index (Phi) is 5.08. The molecule has 0 amide bonds. The van der Waals surface area contributed by atoms with E-state index in [4.69, 9.17) is 4.74 Å². The fraction of sp³-hybridized carbons (Fsp3) is 0.760. The quantitative estimate of drug-likeness (QED) is 0.545. The molecule has 3 fully saturated rings. The van der Waals surface area contributed by atoms with Crippen LogP contribution in [0.25, 0.3) is 0 Å². The molecule has 2 bridgehead atoms. The molecule has 1 unspecified atom stereocenters. The van der Waals surface area contributed by atoms with E-state index in [2.05, 4.69) is 38.9 Å². The summed E-state index contributed by atoms with van der Waals surface area (Å²) in [5, 5.41) is 14.5. The molecule has 0 aliphatic heterocycles. The van der Waals surface area contributed by atoms with Gasteiger partial charge in [0.15, 0.2) is 0 Å². The van der Waals surface area contributed by atoms with E-state index in [1.807, 2.05) is 7.11 Å². The summed E-state index contributed by atoms with van der Waals surface area (Å²) in [7, 11) is 1.90. The normalized spacial score (nSPS) is 40.4. The van der Waals surface area contributed by atoms with E-state index in [1.165, 1.54) is 5.56 Å². The average molecular weight is 400 g/mol. The molecule has 1 aromatic rings. The van der Waals surface area contributed by atoms with E-state index in [1.54, 1.807) is 6.07 Å². The molecule has 5 rings (SSSR count). The van der Waals surface area contributed by atoms with Crippen molar-refractivity contribution in [2.45, 2.75) is 90.1 Å². The molecule has 4 aliphatic rings. The van der Waals surface area contributed by atoms with Crippen molar-refractivity contribution in [3.8, 4) is 5.75 Å². The Labute approximate surface area is 175 Å². The lowest BCUT2D eigenvalue weighted by Crippen LogP contribution is -2.73. The number of fused-ring (bicyclic) bond motifs is 3. The molecular formula is C25H37NO3. The number of phenols is 1. The number of hydrogen-bond donors (Lipinski definition) is 1. The number of ether oxygens (including phenoxy) is 1. The van der Waals surface area contributed by atoms with Crippen LogP contribution in [0.2, 0.25) is 0 Å². The molecule has 0 aromatic heterocycles. The highest BCUT2D eigenvalue weighted by Crippen LogP contribution is 2.76. The molecule has 1 N–H and O–H groups in total. The summed E-state index contributed by atoms with van der Waals surface area (Å²) >= 11 is 0. The first-order valence-electron chi connectivity index (χ1n) is 11.7. The minimum Gasteiger partial charge on any atom is -0.505 e. The Balaban J connectivity index is 2.09. The van der Waals surface area contributed by atoms with Crippen LogP contribution in [-0.2, 0) is 16.6 Å². The van der Waals surface area contributed by atoms with Crippen LogP contribution < -0.4 is 0 Å². The largest absolute Gasteiger partial charge is 0.505 e. The van der Waals surface area contributed by atoms with Crippen LogP contribution in [0.3, 0.4) is 0 Å². The van der Waals surface area contributed by atoms with Crippen LogP contribution in [0, 0.1) is 28.1 Å². The summed E-state index contributed by atoms with van der Waals surface area (Å²) in [6.45, 7) is 9.29. The van der Waals surface area contributed by atoms with E-state index in [9.17, 15) is 10.0 Å². The van der Waals surface area contributed by atoms with Gasteiger partial charge in [0.2, 0.25) is 0 Å². The van der Waals surface area contributed by atoms with Crippen molar-refractivity contribution >= 4 is 5.69 Å².